The number of benzene rings is 10. The molecule has 0 saturated heterocycles. The number of hydrogen-bond acceptors (Lipinski definition) is 0. The second kappa shape index (κ2) is 14.8. The Balaban J connectivity index is 1.38. The Bertz CT molecular complexity index is 3670. The maximum atomic E-state index is 2.66. The molecule has 0 bridgehead atoms. The molecule has 342 valence electrons. The van der Waals surface area contributed by atoms with Crippen molar-refractivity contribution >= 4 is 64.6 Å². The summed E-state index contributed by atoms with van der Waals surface area (Å²) in [6, 6.07) is 48.8. The number of rotatable bonds is 4. The minimum absolute atomic E-state index is 0.0271. The second-order valence-electron chi connectivity index (χ2n) is 25.4. The minimum Gasteiger partial charge on any atom is -0.0616 e. The van der Waals surface area contributed by atoms with Gasteiger partial charge in [0.15, 0.2) is 0 Å². The van der Waals surface area contributed by atoms with E-state index in [0.717, 1.165) is 0 Å². The van der Waals surface area contributed by atoms with Gasteiger partial charge in [0, 0.05) is 0 Å². The van der Waals surface area contributed by atoms with E-state index < -0.39 is 0 Å². The highest BCUT2D eigenvalue weighted by Gasteiger charge is 2.33. The molecule has 11 rings (SSSR count). The van der Waals surface area contributed by atoms with Gasteiger partial charge in [0.05, 0.1) is 0 Å². The quantitative estimate of drug-likeness (QED) is 0.122. The van der Waals surface area contributed by atoms with Gasteiger partial charge in [-0.25, -0.2) is 0 Å². The molecule has 10 aromatic carbocycles. The van der Waals surface area contributed by atoms with Crippen molar-refractivity contribution in [3.8, 4) is 44.5 Å². The van der Waals surface area contributed by atoms with Crippen LogP contribution in [0.5, 0.6) is 0 Å². The van der Waals surface area contributed by atoms with Crippen molar-refractivity contribution in [2.75, 3.05) is 0 Å². The van der Waals surface area contributed by atoms with Crippen molar-refractivity contribution in [3.05, 3.63) is 155 Å². The highest BCUT2D eigenvalue weighted by atomic mass is 14.4. The van der Waals surface area contributed by atoms with E-state index in [9.17, 15) is 0 Å². The van der Waals surface area contributed by atoms with Crippen LogP contribution in [0.1, 0.15) is 156 Å². The van der Waals surface area contributed by atoms with Crippen molar-refractivity contribution in [2.24, 2.45) is 0 Å². The zero-order chi connectivity index (χ0) is 48.3. The molecule has 0 aromatic heterocycles. The van der Waals surface area contributed by atoms with Crippen LogP contribution in [-0.4, -0.2) is 0 Å². The van der Waals surface area contributed by atoms with E-state index in [2.05, 4.69) is 232 Å². The Labute approximate surface area is 406 Å². The Morgan fingerprint density at radius 2 is 0.735 bits per heavy atom. The van der Waals surface area contributed by atoms with Gasteiger partial charge in [0.2, 0.25) is 0 Å². The predicted molar refractivity (Wildman–Crippen MR) is 301 cm³/mol. The maximum Gasteiger partial charge on any atom is -0.00108 e. The molecule has 0 fully saturated rings. The van der Waals surface area contributed by atoms with E-state index in [1.54, 1.807) is 0 Å². The predicted octanol–water partition coefficient (Wildman–Crippen LogP) is 20.5. The summed E-state index contributed by atoms with van der Waals surface area (Å²) < 4.78 is 0. The van der Waals surface area contributed by atoms with Gasteiger partial charge in [0.25, 0.3) is 0 Å². The van der Waals surface area contributed by atoms with E-state index in [-0.39, 0.29) is 21.7 Å². The summed E-state index contributed by atoms with van der Waals surface area (Å²) in [5, 5.41) is 16.4. The molecule has 0 N–H and O–H groups in total. The van der Waals surface area contributed by atoms with Crippen LogP contribution in [0.4, 0.5) is 0 Å². The van der Waals surface area contributed by atoms with Crippen LogP contribution < -0.4 is 0 Å². The molecule has 0 nitrogen and oxygen atoms in total. The zero-order valence-electron chi connectivity index (χ0n) is 43.7. The molecule has 0 unspecified atom stereocenters. The van der Waals surface area contributed by atoms with Gasteiger partial charge in [-0.05, 0) is 200 Å². The van der Waals surface area contributed by atoms with Crippen LogP contribution in [0.2, 0.25) is 0 Å². The normalized spacial score (nSPS) is 13.6. The fourth-order valence-electron chi connectivity index (χ4n) is 11.9. The Hall–Kier alpha value is -5.98. The first-order valence-electron chi connectivity index (χ1n) is 25.5. The van der Waals surface area contributed by atoms with E-state index in [1.165, 1.54) is 143 Å². The molecule has 10 aromatic rings. The summed E-state index contributed by atoms with van der Waals surface area (Å²) in [6.07, 6.45) is 0. The molecular formula is C68H70. The Morgan fingerprint density at radius 3 is 1.19 bits per heavy atom. The van der Waals surface area contributed by atoms with Gasteiger partial charge in [-0.3, -0.25) is 0 Å². The van der Waals surface area contributed by atoms with Crippen LogP contribution in [0.15, 0.2) is 121 Å². The average molecular weight is 887 g/mol. The first-order chi connectivity index (χ1) is 31.9. The SMILES string of the molecule is CC(C)c1cc2c3cccc4cccc(c5c(C(C)C)cc6c(c1-c1cc7c(-c8cc(C(C)(C)C)cc(C(C)(C)C)c8)c8ccccc8c(-c8cc(C(C)(C)C)cc(C(C)(C)C)c8)c7cc1-6)c25)c43. The van der Waals surface area contributed by atoms with Crippen molar-refractivity contribution in [3.63, 3.8) is 0 Å². The molecule has 0 atom stereocenters. The third-order valence-electron chi connectivity index (χ3n) is 15.8. The largest absolute Gasteiger partial charge is 0.0616 e. The maximum absolute atomic E-state index is 2.66. The minimum atomic E-state index is -0.0273. The monoisotopic (exact) mass is 887 g/mol. The lowest BCUT2D eigenvalue weighted by atomic mass is 9.76. The number of hydrogen-bond donors (Lipinski definition) is 0. The molecule has 0 aliphatic heterocycles. The summed E-state index contributed by atoms with van der Waals surface area (Å²) in [6.45, 7) is 38.0. The van der Waals surface area contributed by atoms with Crippen LogP contribution in [0, 0.1) is 0 Å². The van der Waals surface area contributed by atoms with Gasteiger partial charge in [-0.1, -0.05) is 208 Å². The Kier molecular flexibility index (Phi) is 9.67. The van der Waals surface area contributed by atoms with E-state index in [1.807, 2.05) is 0 Å². The van der Waals surface area contributed by atoms with Gasteiger partial charge < -0.3 is 0 Å². The smallest absolute Gasteiger partial charge is 0.00108 e. The zero-order valence-corrected chi connectivity index (χ0v) is 43.7. The van der Waals surface area contributed by atoms with Crippen LogP contribution in [-0.2, 0) is 21.7 Å². The average Bonchev–Trinajstić information content (AvgIpc) is 3.59. The van der Waals surface area contributed by atoms with Crippen molar-refractivity contribution < 1.29 is 0 Å². The molecule has 68 heavy (non-hydrogen) atoms. The first-order valence-corrected chi connectivity index (χ1v) is 25.5. The molecule has 0 spiro atoms. The van der Waals surface area contributed by atoms with E-state index in [4.69, 9.17) is 0 Å². The molecule has 0 radical (unpaired) electrons. The summed E-state index contributed by atoms with van der Waals surface area (Å²) in [5.41, 5.74) is 19.1. The molecule has 1 aliphatic rings. The second-order valence-corrected chi connectivity index (χ2v) is 25.4. The van der Waals surface area contributed by atoms with Crippen LogP contribution >= 0.6 is 0 Å². The van der Waals surface area contributed by atoms with Gasteiger partial charge in [-0.15, -0.1) is 0 Å². The summed E-state index contributed by atoms with van der Waals surface area (Å²) in [5.74, 6) is 0.663. The summed E-state index contributed by atoms with van der Waals surface area (Å²) in [7, 11) is 0. The standard InChI is InChI=1S/C68H70/c1-37(2)50-34-55-52-35-56-57(36-54(52)62-51(38(3)4)33-53-48-25-19-21-39-22-20-26-49(58(39)48)61(50)63(53)64(55)62)60(41-29-44(67(11,12)13)32-45(30-41)68(14,15)16)47-24-18-17-23-46(47)59(56)40-27-42(65(5,6)7)31-43(28-40)66(8,9)10/h17-38H,1-16H3. The molecule has 0 heteroatoms. The van der Waals surface area contributed by atoms with Gasteiger partial charge in [-0.2, -0.15) is 0 Å². The lowest BCUT2D eigenvalue weighted by Gasteiger charge is -2.28. The van der Waals surface area contributed by atoms with E-state index in [0.29, 0.717) is 11.8 Å². The molecule has 0 heterocycles. The highest BCUT2D eigenvalue weighted by molar-refractivity contribution is 6.39. The first kappa shape index (κ1) is 44.5. The van der Waals surface area contributed by atoms with Crippen molar-refractivity contribution in [2.45, 2.75) is 144 Å². The molecular weight excluding hydrogens is 817 g/mol. The van der Waals surface area contributed by atoms with Gasteiger partial charge >= 0.3 is 0 Å². The lowest BCUT2D eigenvalue weighted by molar-refractivity contribution is 0.568. The van der Waals surface area contributed by atoms with E-state index >= 15 is 0 Å². The van der Waals surface area contributed by atoms with Crippen molar-refractivity contribution in [1.82, 2.24) is 0 Å². The topological polar surface area (TPSA) is 0 Å². The molecule has 0 saturated carbocycles. The fourth-order valence-corrected chi connectivity index (χ4v) is 11.9. The lowest BCUT2D eigenvalue weighted by Crippen LogP contribution is -2.16. The van der Waals surface area contributed by atoms with Crippen LogP contribution in [0.25, 0.3) is 109 Å². The summed E-state index contributed by atoms with van der Waals surface area (Å²) >= 11 is 0. The van der Waals surface area contributed by atoms with Crippen LogP contribution in [0.3, 0.4) is 0 Å². The third-order valence-corrected chi connectivity index (χ3v) is 15.8. The Morgan fingerprint density at radius 1 is 0.294 bits per heavy atom. The molecule has 1 aliphatic carbocycles. The summed E-state index contributed by atoms with van der Waals surface area (Å²) in [4.78, 5) is 0. The molecule has 0 amide bonds. The van der Waals surface area contributed by atoms with Crippen molar-refractivity contribution in [1.29, 1.82) is 0 Å². The third kappa shape index (κ3) is 6.67. The number of fused-ring (bicyclic) bond motifs is 7. The fraction of sp³-hybridized carbons (Fsp3) is 0.324. The van der Waals surface area contributed by atoms with Gasteiger partial charge in [0.1, 0.15) is 0 Å². The highest BCUT2D eigenvalue weighted by Crippen LogP contribution is 2.59.